The van der Waals surface area contributed by atoms with Gasteiger partial charge in [-0.05, 0) is 34.7 Å². The predicted molar refractivity (Wildman–Crippen MR) is 72.3 cm³/mol. The number of benzene rings is 1. The summed E-state index contributed by atoms with van der Waals surface area (Å²) >= 11 is 2.06. The standard InChI is InChI=1S/C11H10IN3O2/c1-2-11-13-5-6-14(11)9-4-3-8(12)7-10(9)15(16)17/h3-7H,2H2,1H3. The molecule has 0 aliphatic rings. The van der Waals surface area contributed by atoms with Gasteiger partial charge < -0.3 is 0 Å². The molecule has 0 bridgehead atoms. The molecule has 0 saturated heterocycles. The zero-order chi connectivity index (χ0) is 12.4. The third-order valence-electron chi connectivity index (χ3n) is 2.43. The van der Waals surface area contributed by atoms with Crippen LogP contribution < -0.4 is 0 Å². The Balaban J connectivity index is 2.63. The molecule has 2 rings (SSSR count). The lowest BCUT2D eigenvalue weighted by atomic mass is 10.2. The van der Waals surface area contributed by atoms with Crippen molar-refractivity contribution in [2.45, 2.75) is 13.3 Å². The van der Waals surface area contributed by atoms with Crippen LogP contribution in [0.5, 0.6) is 0 Å². The second kappa shape index (κ2) is 4.82. The van der Waals surface area contributed by atoms with Crippen LogP contribution in [0.4, 0.5) is 5.69 Å². The molecule has 2 aromatic rings. The smallest absolute Gasteiger partial charge is 0.294 e. The molecule has 0 spiro atoms. The molecule has 1 aromatic heterocycles. The molecule has 1 heterocycles. The van der Waals surface area contributed by atoms with Gasteiger partial charge in [-0.25, -0.2) is 4.98 Å². The number of aryl methyl sites for hydroxylation is 1. The average molecular weight is 343 g/mol. The van der Waals surface area contributed by atoms with Gasteiger partial charge in [-0.2, -0.15) is 0 Å². The van der Waals surface area contributed by atoms with Crippen molar-refractivity contribution in [2.24, 2.45) is 0 Å². The minimum Gasteiger partial charge on any atom is -0.298 e. The SMILES string of the molecule is CCc1nccn1-c1ccc(I)cc1[N+](=O)[O-]. The van der Waals surface area contributed by atoms with Crippen molar-refractivity contribution in [1.82, 2.24) is 9.55 Å². The van der Waals surface area contributed by atoms with Gasteiger partial charge in [0.25, 0.3) is 5.69 Å². The molecule has 5 nitrogen and oxygen atoms in total. The predicted octanol–water partition coefficient (Wildman–Crippen LogP) is 2.95. The maximum atomic E-state index is 11.0. The maximum Gasteiger partial charge on any atom is 0.294 e. The van der Waals surface area contributed by atoms with Crippen LogP contribution >= 0.6 is 22.6 Å². The largest absolute Gasteiger partial charge is 0.298 e. The zero-order valence-corrected chi connectivity index (χ0v) is 11.3. The first-order chi connectivity index (χ1) is 8.13. The fourth-order valence-corrected chi connectivity index (χ4v) is 2.14. The summed E-state index contributed by atoms with van der Waals surface area (Å²) in [5.74, 6) is 0.814. The Morgan fingerprint density at radius 2 is 2.29 bits per heavy atom. The molecule has 0 atom stereocenters. The van der Waals surface area contributed by atoms with Crippen molar-refractivity contribution in [3.63, 3.8) is 0 Å². The van der Waals surface area contributed by atoms with Crippen LogP contribution in [0.1, 0.15) is 12.7 Å². The molecule has 0 aliphatic heterocycles. The molecule has 0 radical (unpaired) electrons. The van der Waals surface area contributed by atoms with E-state index in [9.17, 15) is 10.1 Å². The molecule has 17 heavy (non-hydrogen) atoms. The number of hydrogen-bond acceptors (Lipinski definition) is 3. The number of nitro benzene ring substituents is 1. The monoisotopic (exact) mass is 343 g/mol. The highest BCUT2D eigenvalue weighted by Gasteiger charge is 2.17. The summed E-state index contributed by atoms with van der Waals surface area (Å²) in [7, 11) is 0. The van der Waals surface area contributed by atoms with Crippen molar-refractivity contribution in [1.29, 1.82) is 0 Å². The fourth-order valence-electron chi connectivity index (χ4n) is 1.66. The number of hydrogen-bond donors (Lipinski definition) is 0. The number of nitro groups is 1. The summed E-state index contributed by atoms with van der Waals surface area (Å²) in [5, 5.41) is 11.0. The molecular formula is C11H10IN3O2. The Morgan fingerprint density at radius 3 is 2.94 bits per heavy atom. The van der Waals surface area contributed by atoms with Gasteiger partial charge in [-0.1, -0.05) is 6.92 Å². The molecule has 0 amide bonds. The van der Waals surface area contributed by atoms with E-state index >= 15 is 0 Å². The highest BCUT2D eigenvalue weighted by atomic mass is 127. The Labute approximate surface area is 112 Å². The fraction of sp³-hybridized carbons (Fsp3) is 0.182. The molecule has 0 fully saturated rings. The quantitative estimate of drug-likeness (QED) is 0.489. The minimum absolute atomic E-state index is 0.101. The van der Waals surface area contributed by atoms with Gasteiger partial charge in [0, 0.05) is 28.5 Å². The molecule has 88 valence electrons. The third-order valence-corrected chi connectivity index (χ3v) is 3.10. The topological polar surface area (TPSA) is 61.0 Å². The van der Waals surface area contributed by atoms with Crippen molar-refractivity contribution in [3.05, 3.63) is 50.1 Å². The Hall–Kier alpha value is -1.44. The van der Waals surface area contributed by atoms with E-state index in [0.717, 1.165) is 15.8 Å². The summed E-state index contributed by atoms with van der Waals surface area (Å²) in [6.45, 7) is 1.97. The summed E-state index contributed by atoms with van der Waals surface area (Å²) in [6.07, 6.45) is 4.13. The van der Waals surface area contributed by atoms with Gasteiger partial charge in [0.05, 0.1) is 4.92 Å². The molecule has 0 aliphatic carbocycles. The minimum atomic E-state index is -0.364. The molecule has 1 aromatic carbocycles. The van der Waals surface area contributed by atoms with E-state index in [0.29, 0.717) is 5.69 Å². The number of halogens is 1. The second-order valence-corrected chi connectivity index (χ2v) is 4.70. The lowest BCUT2D eigenvalue weighted by Crippen LogP contribution is -2.03. The van der Waals surface area contributed by atoms with Crippen molar-refractivity contribution >= 4 is 28.3 Å². The Bertz CT molecular complexity index is 566. The van der Waals surface area contributed by atoms with Crippen molar-refractivity contribution in [3.8, 4) is 5.69 Å². The van der Waals surface area contributed by atoms with Crippen LogP contribution in [0, 0.1) is 13.7 Å². The molecule has 6 heteroatoms. The van der Waals surface area contributed by atoms with Crippen LogP contribution in [0.15, 0.2) is 30.6 Å². The highest BCUT2D eigenvalue weighted by Crippen LogP contribution is 2.26. The van der Waals surface area contributed by atoms with Crippen LogP contribution in [0.3, 0.4) is 0 Å². The van der Waals surface area contributed by atoms with Crippen molar-refractivity contribution < 1.29 is 4.92 Å². The van der Waals surface area contributed by atoms with E-state index in [1.165, 1.54) is 0 Å². The van der Waals surface area contributed by atoms with Gasteiger partial charge >= 0.3 is 0 Å². The molecule has 0 unspecified atom stereocenters. The molecule has 0 saturated carbocycles. The van der Waals surface area contributed by atoms with E-state index in [1.807, 2.05) is 13.0 Å². The lowest BCUT2D eigenvalue weighted by Gasteiger charge is -2.07. The number of nitrogens with zero attached hydrogens (tertiary/aromatic N) is 3. The van der Waals surface area contributed by atoms with Crippen LogP contribution in [0.25, 0.3) is 5.69 Å². The normalized spacial score (nSPS) is 10.5. The first kappa shape index (κ1) is 12.0. The Morgan fingerprint density at radius 1 is 1.53 bits per heavy atom. The summed E-state index contributed by atoms with van der Waals surface area (Å²) in [4.78, 5) is 14.8. The van der Waals surface area contributed by atoms with E-state index in [-0.39, 0.29) is 10.6 Å². The zero-order valence-electron chi connectivity index (χ0n) is 9.13. The number of rotatable bonds is 3. The first-order valence-electron chi connectivity index (χ1n) is 5.10. The number of imidazole rings is 1. The second-order valence-electron chi connectivity index (χ2n) is 3.46. The average Bonchev–Trinajstić information content (AvgIpc) is 2.76. The summed E-state index contributed by atoms with van der Waals surface area (Å²) < 4.78 is 2.60. The van der Waals surface area contributed by atoms with E-state index in [1.54, 1.807) is 29.1 Å². The molecule has 0 N–H and O–H groups in total. The third kappa shape index (κ3) is 2.31. The van der Waals surface area contributed by atoms with E-state index < -0.39 is 0 Å². The lowest BCUT2D eigenvalue weighted by molar-refractivity contribution is -0.384. The van der Waals surface area contributed by atoms with E-state index in [4.69, 9.17) is 0 Å². The van der Waals surface area contributed by atoms with Crippen LogP contribution in [-0.2, 0) is 6.42 Å². The van der Waals surface area contributed by atoms with Gasteiger partial charge in [-0.3, -0.25) is 14.7 Å². The van der Waals surface area contributed by atoms with Gasteiger partial charge in [0.1, 0.15) is 11.5 Å². The van der Waals surface area contributed by atoms with Crippen LogP contribution in [-0.4, -0.2) is 14.5 Å². The van der Waals surface area contributed by atoms with Gasteiger partial charge in [-0.15, -0.1) is 0 Å². The van der Waals surface area contributed by atoms with Crippen molar-refractivity contribution in [2.75, 3.05) is 0 Å². The maximum absolute atomic E-state index is 11.0. The molecular weight excluding hydrogens is 333 g/mol. The van der Waals surface area contributed by atoms with E-state index in [2.05, 4.69) is 27.6 Å². The van der Waals surface area contributed by atoms with Crippen LogP contribution in [0.2, 0.25) is 0 Å². The summed E-state index contributed by atoms with van der Waals surface area (Å²) in [6, 6.07) is 5.17. The van der Waals surface area contributed by atoms with Gasteiger partial charge in [0.2, 0.25) is 0 Å². The Kier molecular flexibility index (Phi) is 3.41. The van der Waals surface area contributed by atoms with Gasteiger partial charge in [0.15, 0.2) is 0 Å². The highest BCUT2D eigenvalue weighted by molar-refractivity contribution is 14.1. The first-order valence-corrected chi connectivity index (χ1v) is 6.18. The number of aromatic nitrogens is 2. The summed E-state index contributed by atoms with van der Waals surface area (Å²) in [5.41, 5.74) is 0.661.